The highest BCUT2D eigenvalue weighted by atomic mass is 35.5. The maximum atomic E-state index is 12.2. The van der Waals surface area contributed by atoms with Gasteiger partial charge in [0, 0.05) is 16.3 Å². The van der Waals surface area contributed by atoms with Crippen LogP contribution in [0, 0.1) is 30.6 Å². The van der Waals surface area contributed by atoms with Crippen LogP contribution < -0.4 is 5.63 Å². The minimum absolute atomic E-state index is 0.0244. The molecule has 0 aliphatic heterocycles. The van der Waals surface area contributed by atoms with E-state index in [1.165, 1.54) is 0 Å². The van der Waals surface area contributed by atoms with Gasteiger partial charge in [-0.1, -0.05) is 47.9 Å². The molecule has 3 rings (SSSR count). The van der Waals surface area contributed by atoms with Crippen LogP contribution in [0.15, 0.2) is 51.7 Å². The molecule has 0 aliphatic rings. The molecule has 1 heterocycles. The molecule has 3 aromatic rings. The lowest BCUT2D eigenvalue weighted by Crippen LogP contribution is -2.12. The summed E-state index contributed by atoms with van der Waals surface area (Å²) in [7, 11) is 0. The average Bonchev–Trinajstić information content (AvgIpc) is 2.62. The van der Waals surface area contributed by atoms with E-state index in [2.05, 4.69) is 5.92 Å². The zero-order chi connectivity index (χ0) is 18.0. The van der Waals surface area contributed by atoms with Gasteiger partial charge in [-0.3, -0.25) is 0 Å². The monoisotopic (exact) mass is 347 g/mol. The molecule has 4 heteroatoms. The molecule has 25 heavy (non-hydrogen) atoms. The molecule has 0 spiro atoms. The Bertz CT molecular complexity index is 1090. The third-order valence-corrected chi connectivity index (χ3v) is 4.62. The smallest absolute Gasteiger partial charge is 0.354 e. The van der Waals surface area contributed by atoms with E-state index in [4.69, 9.17) is 22.4 Å². The van der Waals surface area contributed by atoms with Crippen molar-refractivity contribution in [3.8, 4) is 18.4 Å². The molecule has 0 fully saturated rings. The first-order valence-corrected chi connectivity index (χ1v) is 8.10. The molecule has 3 nitrogen and oxygen atoms in total. The zero-order valence-electron chi connectivity index (χ0n) is 13.5. The molecule has 0 amide bonds. The van der Waals surface area contributed by atoms with Gasteiger partial charge in [0.25, 0.3) is 0 Å². The molecule has 0 N–H and O–H groups in total. The van der Waals surface area contributed by atoms with Gasteiger partial charge in [0.2, 0.25) is 0 Å². The Morgan fingerprint density at radius 2 is 2.00 bits per heavy atom. The molecule has 2 aromatic carbocycles. The Morgan fingerprint density at radius 1 is 1.28 bits per heavy atom. The van der Waals surface area contributed by atoms with Crippen LogP contribution in [0.1, 0.15) is 28.2 Å². The number of nitriles is 1. The lowest BCUT2D eigenvalue weighted by Gasteiger charge is -2.14. The minimum Gasteiger partial charge on any atom is -0.422 e. The molecule has 0 bridgehead atoms. The average molecular weight is 348 g/mol. The Labute approximate surface area is 150 Å². The van der Waals surface area contributed by atoms with Crippen LogP contribution >= 0.6 is 11.6 Å². The van der Waals surface area contributed by atoms with E-state index in [-0.39, 0.29) is 11.5 Å². The molecular weight excluding hydrogens is 334 g/mol. The quantitative estimate of drug-likeness (QED) is 0.514. The summed E-state index contributed by atoms with van der Waals surface area (Å²) >= 11 is 6.24. The van der Waals surface area contributed by atoms with Crippen LogP contribution in [-0.2, 0) is 6.42 Å². The lowest BCUT2D eigenvalue weighted by molar-refractivity contribution is 0.555. The number of halogens is 1. The normalized spacial score (nSPS) is 11.7. The van der Waals surface area contributed by atoms with Gasteiger partial charge in [-0.2, -0.15) is 5.26 Å². The van der Waals surface area contributed by atoms with Gasteiger partial charge in [0.05, 0.1) is 0 Å². The fraction of sp³-hybridized carbons (Fsp3) is 0.143. The van der Waals surface area contributed by atoms with Crippen LogP contribution in [0.3, 0.4) is 0 Å². The molecule has 0 unspecified atom stereocenters. The summed E-state index contributed by atoms with van der Waals surface area (Å²) in [6.45, 7) is 1.83. The van der Waals surface area contributed by atoms with Crippen LogP contribution in [-0.4, -0.2) is 0 Å². The molecule has 0 saturated heterocycles. The van der Waals surface area contributed by atoms with Crippen molar-refractivity contribution in [2.24, 2.45) is 0 Å². The largest absolute Gasteiger partial charge is 0.422 e. The van der Waals surface area contributed by atoms with Crippen molar-refractivity contribution in [3.63, 3.8) is 0 Å². The molecule has 1 atom stereocenters. The fourth-order valence-electron chi connectivity index (χ4n) is 2.87. The summed E-state index contributed by atoms with van der Waals surface area (Å²) in [5.41, 5.74) is 2.05. The molecule has 0 radical (unpaired) electrons. The highest BCUT2D eigenvalue weighted by Gasteiger charge is 2.19. The predicted molar refractivity (Wildman–Crippen MR) is 98.7 cm³/mol. The van der Waals surface area contributed by atoms with Crippen LogP contribution in [0.25, 0.3) is 11.0 Å². The topological polar surface area (TPSA) is 54.0 Å². The summed E-state index contributed by atoms with van der Waals surface area (Å²) in [4.78, 5) is 12.2. The van der Waals surface area contributed by atoms with Gasteiger partial charge in [0.1, 0.15) is 17.2 Å². The number of hydrogen-bond acceptors (Lipinski definition) is 3. The lowest BCUT2D eigenvalue weighted by atomic mass is 9.89. The molecule has 122 valence electrons. The van der Waals surface area contributed by atoms with Crippen molar-refractivity contribution >= 4 is 22.6 Å². The fourth-order valence-corrected chi connectivity index (χ4v) is 3.04. The molecular formula is C21H14ClNO2. The number of terminal acetylenes is 1. The van der Waals surface area contributed by atoms with E-state index in [1.54, 1.807) is 12.1 Å². The Kier molecular flexibility index (Phi) is 4.61. The second kappa shape index (κ2) is 6.85. The number of benzene rings is 2. The first kappa shape index (κ1) is 16.8. The van der Waals surface area contributed by atoms with Crippen molar-refractivity contribution < 1.29 is 4.42 Å². The standard InChI is InChI=1S/C21H14ClNO2/c1-3-14(15-7-5-4-6-8-15)10-16-17-11-19(22)13(2)9-20(17)25-21(24)18(16)12-23/h1,4-9,11,14H,10H2,2H3/t14-/m0/s1. The zero-order valence-corrected chi connectivity index (χ0v) is 14.3. The first-order valence-electron chi connectivity index (χ1n) is 7.72. The van der Waals surface area contributed by atoms with Gasteiger partial charge < -0.3 is 4.42 Å². The maximum Gasteiger partial charge on any atom is 0.354 e. The van der Waals surface area contributed by atoms with Crippen molar-refractivity contribution in [1.82, 2.24) is 0 Å². The van der Waals surface area contributed by atoms with Gasteiger partial charge in [-0.15, -0.1) is 6.42 Å². The van der Waals surface area contributed by atoms with E-state index < -0.39 is 5.63 Å². The SMILES string of the molecule is C#C[C@@H](Cc1c(C#N)c(=O)oc2cc(C)c(Cl)cc12)c1ccccc1. The Balaban J connectivity index is 2.24. The summed E-state index contributed by atoms with van der Waals surface area (Å²) in [5, 5.41) is 10.6. The highest BCUT2D eigenvalue weighted by molar-refractivity contribution is 6.32. The highest BCUT2D eigenvalue weighted by Crippen LogP contribution is 2.30. The van der Waals surface area contributed by atoms with Crippen LogP contribution in [0.4, 0.5) is 0 Å². The van der Waals surface area contributed by atoms with Gasteiger partial charge in [-0.25, -0.2) is 4.79 Å². The van der Waals surface area contributed by atoms with Gasteiger partial charge >= 0.3 is 5.63 Å². The number of rotatable bonds is 3. The van der Waals surface area contributed by atoms with E-state index in [9.17, 15) is 10.1 Å². The third kappa shape index (κ3) is 3.15. The van der Waals surface area contributed by atoms with Crippen molar-refractivity contribution in [1.29, 1.82) is 5.26 Å². The second-order valence-corrected chi connectivity index (χ2v) is 6.19. The summed E-state index contributed by atoms with van der Waals surface area (Å²) < 4.78 is 5.29. The number of hydrogen-bond donors (Lipinski definition) is 0. The number of nitrogens with zero attached hydrogens (tertiary/aromatic N) is 1. The Hall–Kier alpha value is -3.01. The molecule has 1 aromatic heterocycles. The van der Waals surface area contributed by atoms with E-state index in [0.29, 0.717) is 28.0 Å². The van der Waals surface area contributed by atoms with Gasteiger partial charge in [0.15, 0.2) is 0 Å². The van der Waals surface area contributed by atoms with Crippen LogP contribution in [0.2, 0.25) is 5.02 Å². The minimum atomic E-state index is -0.657. The third-order valence-electron chi connectivity index (χ3n) is 4.22. The second-order valence-electron chi connectivity index (χ2n) is 5.79. The summed E-state index contributed by atoms with van der Waals surface area (Å²) in [5.74, 6) is 2.49. The van der Waals surface area contributed by atoms with E-state index in [1.807, 2.05) is 43.3 Å². The van der Waals surface area contributed by atoms with E-state index in [0.717, 1.165) is 11.1 Å². The maximum absolute atomic E-state index is 12.2. The molecule has 0 aliphatic carbocycles. The number of fused-ring (bicyclic) bond motifs is 1. The van der Waals surface area contributed by atoms with Crippen LogP contribution in [0.5, 0.6) is 0 Å². The van der Waals surface area contributed by atoms with Crippen molar-refractivity contribution in [2.45, 2.75) is 19.3 Å². The predicted octanol–water partition coefficient (Wildman–Crippen LogP) is 4.59. The van der Waals surface area contributed by atoms with Crippen molar-refractivity contribution in [3.05, 3.63) is 80.2 Å². The first-order chi connectivity index (χ1) is 12.0. The van der Waals surface area contributed by atoms with Crippen molar-refractivity contribution in [2.75, 3.05) is 0 Å². The number of aryl methyl sites for hydroxylation is 1. The van der Waals surface area contributed by atoms with E-state index >= 15 is 0 Å². The Morgan fingerprint density at radius 3 is 2.64 bits per heavy atom. The van der Waals surface area contributed by atoms with Gasteiger partial charge in [-0.05, 0) is 42.2 Å². The molecule has 0 saturated carbocycles. The summed E-state index contributed by atoms with van der Waals surface area (Å²) in [6, 6.07) is 15.0. The summed E-state index contributed by atoms with van der Waals surface area (Å²) in [6.07, 6.45) is 6.07.